The molecule has 1 unspecified atom stereocenters. The monoisotopic (exact) mass is 296 g/mol. The summed E-state index contributed by atoms with van der Waals surface area (Å²) in [4.78, 5) is 11.7. The van der Waals surface area contributed by atoms with Gasteiger partial charge in [0.15, 0.2) is 0 Å². The van der Waals surface area contributed by atoms with Crippen LogP contribution in [0.5, 0.6) is 0 Å². The van der Waals surface area contributed by atoms with E-state index in [0.29, 0.717) is 6.04 Å². The molecule has 0 saturated carbocycles. The Labute approximate surface area is 127 Å². The number of hydrogen-bond acceptors (Lipinski definition) is 5. The Balaban J connectivity index is 3.16. The molecule has 5 heteroatoms. The van der Waals surface area contributed by atoms with E-state index in [-0.39, 0.29) is 0 Å². The molecule has 20 heavy (non-hydrogen) atoms. The van der Waals surface area contributed by atoms with Crippen LogP contribution in [0.15, 0.2) is 0 Å². The molecule has 0 aliphatic rings. The largest absolute Gasteiger partial charge is 0.373 e. The molecule has 1 atom stereocenters. The molecule has 0 aliphatic heterocycles. The van der Waals surface area contributed by atoms with Gasteiger partial charge in [-0.2, -0.15) is 11.8 Å². The summed E-state index contributed by atoms with van der Waals surface area (Å²) in [6.45, 7) is 6.49. The molecule has 0 amide bonds. The molecule has 1 heterocycles. The van der Waals surface area contributed by atoms with Gasteiger partial charge in [-0.05, 0) is 26.0 Å². The van der Waals surface area contributed by atoms with Crippen LogP contribution in [0, 0.1) is 6.92 Å². The fourth-order valence-corrected chi connectivity index (χ4v) is 3.19. The molecule has 0 fully saturated rings. The smallest absolute Gasteiger partial charge is 0.137 e. The highest BCUT2D eigenvalue weighted by atomic mass is 32.2. The molecule has 1 aromatic rings. The molecule has 0 radical (unpaired) electrons. The van der Waals surface area contributed by atoms with E-state index in [0.717, 1.165) is 48.0 Å². The molecule has 4 nitrogen and oxygen atoms in total. The van der Waals surface area contributed by atoms with Crippen molar-refractivity contribution in [1.29, 1.82) is 0 Å². The maximum absolute atomic E-state index is 4.79. The second-order valence-corrected chi connectivity index (χ2v) is 5.98. The molecule has 1 N–H and O–H groups in total. The van der Waals surface area contributed by atoms with Crippen LogP contribution in [0.3, 0.4) is 0 Å². The van der Waals surface area contributed by atoms with Gasteiger partial charge in [0.2, 0.25) is 0 Å². The fraction of sp³-hybridized carbons (Fsp3) is 0.733. The third kappa shape index (κ3) is 4.01. The first-order valence-electron chi connectivity index (χ1n) is 7.35. The SMILES string of the molecule is CCCc1nc(NC)c(C)c(N(C)C(CC)CSC)n1. The average Bonchev–Trinajstić information content (AvgIpc) is 2.45. The van der Waals surface area contributed by atoms with Crippen LogP contribution in [0.25, 0.3) is 0 Å². The van der Waals surface area contributed by atoms with Crippen LogP contribution in [-0.2, 0) is 6.42 Å². The summed E-state index contributed by atoms with van der Waals surface area (Å²) < 4.78 is 0. The van der Waals surface area contributed by atoms with Crippen molar-refractivity contribution in [3.8, 4) is 0 Å². The second-order valence-electron chi connectivity index (χ2n) is 5.07. The number of hydrogen-bond donors (Lipinski definition) is 1. The lowest BCUT2D eigenvalue weighted by molar-refractivity contribution is 0.659. The number of thioether (sulfide) groups is 1. The van der Waals surface area contributed by atoms with Crippen LogP contribution in [-0.4, -0.2) is 42.1 Å². The van der Waals surface area contributed by atoms with E-state index in [1.807, 2.05) is 18.8 Å². The number of rotatable bonds is 8. The van der Waals surface area contributed by atoms with Crippen molar-refractivity contribution in [3.63, 3.8) is 0 Å². The molecule has 1 aromatic heterocycles. The predicted octanol–water partition coefficient (Wildman–Crippen LogP) is 3.36. The summed E-state index contributed by atoms with van der Waals surface area (Å²) in [6.07, 6.45) is 5.27. The zero-order valence-corrected chi connectivity index (χ0v) is 14.5. The van der Waals surface area contributed by atoms with Crippen LogP contribution < -0.4 is 10.2 Å². The molecule has 0 aromatic carbocycles. The van der Waals surface area contributed by atoms with Crippen LogP contribution >= 0.6 is 11.8 Å². The van der Waals surface area contributed by atoms with Crippen molar-refractivity contribution in [2.24, 2.45) is 0 Å². The van der Waals surface area contributed by atoms with Gasteiger partial charge in [0.1, 0.15) is 17.5 Å². The Morgan fingerprint density at radius 1 is 1.30 bits per heavy atom. The van der Waals surface area contributed by atoms with Gasteiger partial charge in [-0.15, -0.1) is 0 Å². The topological polar surface area (TPSA) is 41.1 Å². The average molecular weight is 296 g/mol. The summed E-state index contributed by atoms with van der Waals surface area (Å²) >= 11 is 1.89. The number of aryl methyl sites for hydroxylation is 1. The summed E-state index contributed by atoms with van der Waals surface area (Å²) in [5.41, 5.74) is 1.13. The molecular weight excluding hydrogens is 268 g/mol. The van der Waals surface area contributed by atoms with Crippen LogP contribution in [0.4, 0.5) is 11.6 Å². The first-order valence-corrected chi connectivity index (χ1v) is 8.75. The first-order chi connectivity index (χ1) is 9.58. The van der Waals surface area contributed by atoms with Crippen molar-refractivity contribution < 1.29 is 0 Å². The highest BCUT2D eigenvalue weighted by molar-refractivity contribution is 7.98. The standard InChI is InChI=1S/C15H28N4S/c1-7-9-13-17-14(16-4)11(3)15(18-13)19(5)12(8-2)10-20-6/h12H,7-10H2,1-6H3,(H,16,17,18). The third-order valence-electron chi connectivity index (χ3n) is 3.59. The normalized spacial score (nSPS) is 12.3. The summed E-state index contributed by atoms with van der Waals surface area (Å²) in [6, 6.07) is 0.512. The molecule has 0 bridgehead atoms. The quantitative estimate of drug-likeness (QED) is 0.796. The lowest BCUT2D eigenvalue weighted by Crippen LogP contribution is -2.34. The zero-order valence-electron chi connectivity index (χ0n) is 13.7. The molecule has 1 rings (SSSR count). The Morgan fingerprint density at radius 3 is 2.50 bits per heavy atom. The summed E-state index contributed by atoms with van der Waals surface area (Å²) in [5, 5.41) is 3.20. The van der Waals surface area contributed by atoms with Gasteiger partial charge in [-0.1, -0.05) is 13.8 Å². The minimum absolute atomic E-state index is 0.512. The maximum Gasteiger partial charge on any atom is 0.137 e. The van der Waals surface area contributed by atoms with Crippen LogP contribution in [0.2, 0.25) is 0 Å². The van der Waals surface area contributed by atoms with Crippen molar-refractivity contribution in [2.75, 3.05) is 36.3 Å². The number of nitrogens with zero attached hydrogens (tertiary/aromatic N) is 3. The highest BCUT2D eigenvalue weighted by Crippen LogP contribution is 2.25. The fourth-order valence-electron chi connectivity index (χ4n) is 2.34. The van der Waals surface area contributed by atoms with Gasteiger partial charge in [-0.3, -0.25) is 0 Å². The zero-order chi connectivity index (χ0) is 15.1. The van der Waals surface area contributed by atoms with E-state index >= 15 is 0 Å². The lowest BCUT2D eigenvalue weighted by Gasteiger charge is -2.29. The minimum Gasteiger partial charge on any atom is -0.373 e. The van der Waals surface area contributed by atoms with E-state index < -0.39 is 0 Å². The van der Waals surface area contributed by atoms with E-state index in [4.69, 9.17) is 4.98 Å². The Morgan fingerprint density at radius 2 is 2.00 bits per heavy atom. The highest BCUT2D eigenvalue weighted by Gasteiger charge is 2.19. The van der Waals surface area contributed by atoms with Crippen molar-refractivity contribution in [1.82, 2.24) is 9.97 Å². The summed E-state index contributed by atoms with van der Waals surface area (Å²) in [5.74, 6) is 4.07. The van der Waals surface area contributed by atoms with E-state index in [1.165, 1.54) is 0 Å². The number of nitrogens with one attached hydrogen (secondary N) is 1. The Kier molecular flexibility index (Phi) is 7.13. The maximum atomic E-state index is 4.79. The van der Waals surface area contributed by atoms with Crippen molar-refractivity contribution in [3.05, 3.63) is 11.4 Å². The second kappa shape index (κ2) is 8.35. The van der Waals surface area contributed by atoms with Crippen LogP contribution in [0.1, 0.15) is 38.1 Å². The van der Waals surface area contributed by atoms with E-state index in [1.54, 1.807) is 0 Å². The number of anilines is 2. The lowest BCUT2D eigenvalue weighted by atomic mass is 10.2. The first kappa shape index (κ1) is 17.1. The number of aromatic nitrogens is 2. The molecule has 114 valence electrons. The van der Waals surface area contributed by atoms with Gasteiger partial charge in [0.25, 0.3) is 0 Å². The third-order valence-corrected chi connectivity index (χ3v) is 4.31. The predicted molar refractivity (Wildman–Crippen MR) is 91.2 cm³/mol. The van der Waals surface area contributed by atoms with Gasteiger partial charge in [0.05, 0.1) is 0 Å². The van der Waals surface area contributed by atoms with Gasteiger partial charge in [0, 0.05) is 37.9 Å². The molecule has 0 aliphatic carbocycles. The molecular formula is C15H28N4S. The minimum atomic E-state index is 0.512. The summed E-state index contributed by atoms with van der Waals surface area (Å²) in [7, 11) is 4.07. The van der Waals surface area contributed by atoms with Gasteiger partial charge >= 0.3 is 0 Å². The molecule has 0 saturated heterocycles. The Hall–Kier alpha value is -0.970. The van der Waals surface area contributed by atoms with E-state index in [2.05, 4.69) is 49.3 Å². The van der Waals surface area contributed by atoms with Crippen molar-refractivity contribution >= 4 is 23.4 Å². The Bertz CT molecular complexity index is 423. The molecule has 0 spiro atoms. The van der Waals surface area contributed by atoms with Gasteiger partial charge in [-0.25, -0.2) is 9.97 Å². The van der Waals surface area contributed by atoms with Crippen molar-refractivity contribution in [2.45, 2.75) is 46.1 Å². The van der Waals surface area contributed by atoms with E-state index in [9.17, 15) is 0 Å². The van der Waals surface area contributed by atoms with Gasteiger partial charge < -0.3 is 10.2 Å².